The summed E-state index contributed by atoms with van der Waals surface area (Å²) in [5, 5.41) is 0.117. The Hall–Kier alpha value is -0.800. The van der Waals surface area contributed by atoms with Gasteiger partial charge in [-0.2, -0.15) is 13.2 Å². The second-order valence-electron chi connectivity index (χ2n) is 3.08. The quantitative estimate of drug-likeness (QED) is 0.820. The van der Waals surface area contributed by atoms with Gasteiger partial charge in [0.15, 0.2) is 0 Å². The molecule has 0 fully saturated rings. The number of hydrogen-bond acceptors (Lipinski definition) is 1. The first-order valence-corrected chi connectivity index (χ1v) is 5.63. The van der Waals surface area contributed by atoms with Crippen LogP contribution in [0.15, 0.2) is 24.3 Å². The smallest absolute Gasteiger partial charge is 0.343 e. The SMILES string of the molecule is O=[PH](O)c1ccccc1CCC(F)(F)F. The van der Waals surface area contributed by atoms with Crippen molar-refractivity contribution in [2.45, 2.75) is 19.0 Å². The number of benzene rings is 1. The minimum atomic E-state index is -4.24. The van der Waals surface area contributed by atoms with Crippen LogP contribution in [0.25, 0.3) is 0 Å². The average molecular weight is 238 g/mol. The van der Waals surface area contributed by atoms with Gasteiger partial charge in [-0.3, -0.25) is 4.57 Å². The summed E-state index contributed by atoms with van der Waals surface area (Å²) in [5.74, 6) is 0. The lowest BCUT2D eigenvalue weighted by molar-refractivity contribution is -0.133. The van der Waals surface area contributed by atoms with Gasteiger partial charge in [0.25, 0.3) is 0 Å². The van der Waals surface area contributed by atoms with Gasteiger partial charge in [-0.1, -0.05) is 18.2 Å². The predicted octanol–water partition coefficient (Wildman–Crippen LogP) is 2.27. The minimum absolute atomic E-state index is 0.117. The number of aryl methyl sites for hydroxylation is 1. The molecule has 6 heteroatoms. The van der Waals surface area contributed by atoms with Crippen LogP contribution in [0.1, 0.15) is 12.0 Å². The van der Waals surface area contributed by atoms with Gasteiger partial charge in [0.1, 0.15) is 0 Å². The third-order valence-corrected chi connectivity index (χ3v) is 2.87. The number of halogens is 3. The van der Waals surface area contributed by atoms with E-state index in [9.17, 15) is 17.7 Å². The molecule has 0 aliphatic carbocycles. The van der Waals surface area contributed by atoms with Gasteiger partial charge in [0.05, 0.1) is 0 Å². The van der Waals surface area contributed by atoms with Crippen LogP contribution in [-0.2, 0) is 11.0 Å². The summed E-state index contributed by atoms with van der Waals surface area (Å²) < 4.78 is 46.7. The second kappa shape index (κ2) is 4.81. The molecule has 0 amide bonds. The first kappa shape index (κ1) is 12.3. The molecule has 0 aliphatic heterocycles. The van der Waals surface area contributed by atoms with Crippen molar-refractivity contribution in [1.82, 2.24) is 0 Å². The molecule has 0 bridgehead atoms. The van der Waals surface area contributed by atoms with Crippen LogP contribution >= 0.6 is 8.03 Å². The lowest BCUT2D eigenvalue weighted by atomic mass is 10.1. The molecule has 84 valence electrons. The molecule has 1 atom stereocenters. The van der Waals surface area contributed by atoms with Crippen molar-refractivity contribution >= 4 is 13.3 Å². The van der Waals surface area contributed by atoms with Crippen molar-refractivity contribution in [2.24, 2.45) is 0 Å². The van der Waals surface area contributed by atoms with Crippen LogP contribution < -0.4 is 5.30 Å². The highest BCUT2D eigenvalue weighted by Crippen LogP contribution is 2.24. The number of hydrogen-bond donors (Lipinski definition) is 1. The van der Waals surface area contributed by atoms with Gasteiger partial charge in [0, 0.05) is 11.7 Å². The zero-order chi connectivity index (χ0) is 11.5. The van der Waals surface area contributed by atoms with E-state index in [1.807, 2.05) is 0 Å². The minimum Gasteiger partial charge on any atom is -0.343 e. The molecule has 2 nitrogen and oxygen atoms in total. The van der Waals surface area contributed by atoms with Crippen LogP contribution in [0.5, 0.6) is 0 Å². The Morgan fingerprint density at radius 1 is 1.27 bits per heavy atom. The molecule has 1 aromatic rings. The van der Waals surface area contributed by atoms with Gasteiger partial charge in [0.2, 0.25) is 8.03 Å². The van der Waals surface area contributed by atoms with Crippen LogP contribution in [-0.4, -0.2) is 11.1 Å². The Bertz CT molecular complexity index is 363. The summed E-state index contributed by atoms with van der Waals surface area (Å²) in [6, 6.07) is 5.91. The second-order valence-corrected chi connectivity index (χ2v) is 4.23. The van der Waals surface area contributed by atoms with Crippen molar-refractivity contribution in [1.29, 1.82) is 0 Å². The molecule has 0 saturated heterocycles. The van der Waals surface area contributed by atoms with Crippen molar-refractivity contribution in [2.75, 3.05) is 0 Å². The fraction of sp³-hybridized carbons (Fsp3) is 0.333. The molecular weight excluding hydrogens is 228 g/mol. The standard InChI is InChI=1S/C9H10F3O2P/c10-9(11,12)6-5-7-3-1-2-4-8(7)15(13)14/h1-4,15H,5-6H2,(H,13,14). The van der Waals surface area contributed by atoms with Crippen LogP contribution in [0.3, 0.4) is 0 Å². The first-order chi connectivity index (χ1) is 6.90. The molecule has 0 spiro atoms. The molecule has 0 aromatic heterocycles. The van der Waals surface area contributed by atoms with Gasteiger partial charge in [-0.25, -0.2) is 0 Å². The molecule has 0 heterocycles. The maximum Gasteiger partial charge on any atom is 0.389 e. The van der Waals surface area contributed by atoms with Crippen molar-refractivity contribution in [3.05, 3.63) is 29.8 Å². The van der Waals surface area contributed by atoms with E-state index in [2.05, 4.69) is 0 Å². The number of rotatable bonds is 3. The van der Waals surface area contributed by atoms with E-state index in [-0.39, 0.29) is 11.7 Å². The van der Waals surface area contributed by atoms with Gasteiger partial charge < -0.3 is 4.89 Å². The molecule has 15 heavy (non-hydrogen) atoms. The zero-order valence-electron chi connectivity index (χ0n) is 7.71. The Balaban J connectivity index is 2.81. The molecule has 0 radical (unpaired) electrons. The number of alkyl halides is 3. The monoisotopic (exact) mass is 238 g/mol. The molecule has 0 saturated carbocycles. The van der Waals surface area contributed by atoms with E-state index in [4.69, 9.17) is 4.89 Å². The summed E-state index contributed by atoms with van der Waals surface area (Å²) in [4.78, 5) is 8.90. The Kier molecular flexibility index (Phi) is 3.94. The lowest BCUT2D eigenvalue weighted by Crippen LogP contribution is -2.12. The predicted molar refractivity (Wildman–Crippen MR) is 51.7 cm³/mol. The highest BCUT2D eigenvalue weighted by Gasteiger charge is 2.27. The van der Waals surface area contributed by atoms with Crippen molar-refractivity contribution in [3.8, 4) is 0 Å². The van der Waals surface area contributed by atoms with E-state index >= 15 is 0 Å². The van der Waals surface area contributed by atoms with E-state index in [0.29, 0.717) is 5.56 Å². The fourth-order valence-corrected chi connectivity index (χ4v) is 1.95. The topological polar surface area (TPSA) is 37.3 Å². The van der Waals surface area contributed by atoms with E-state index in [0.717, 1.165) is 0 Å². The van der Waals surface area contributed by atoms with Crippen LogP contribution in [0.2, 0.25) is 0 Å². The molecule has 1 aromatic carbocycles. The maximum absolute atomic E-state index is 11.9. The third kappa shape index (κ3) is 4.06. The zero-order valence-corrected chi connectivity index (χ0v) is 8.71. The molecule has 1 unspecified atom stereocenters. The van der Waals surface area contributed by atoms with Gasteiger partial charge in [-0.15, -0.1) is 0 Å². The van der Waals surface area contributed by atoms with Crippen molar-refractivity contribution in [3.63, 3.8) is 0 Å². The third-order valence-electron chi connectivity index (χ3n) is 1.93. The normalized spacial score (nSPS) is 13.9. The largest absolute Gasteiger partial charge is 0.389 e. The Morgan fingerprint density at radius 2 is 1.87 bits per heavy atom. The summed E-state index contributed by atoms with van der Waals surface area (Å²) in [5.41, 5.74) is 0.293. The van der Waals surface area contributed by atoms with Crippen molar-refractivity contribution < 1.29 is 22.6 Å². The summed E-state index contributed by atoms with van der Waals surface area (Å²) in [6.45, 7) is 0. The first-order valence-electron chi connectivity index (χ1n) is 4.28. The Labute approximate surface area is 85.6 Å². The highest BCUT2D eigenvalue weighted by molar-refractivity contribution is 7.47. The highest BCUT2D eigenvalue weighted by atomic mass is 31.1. The van der Waals surface area contributed by atoms with Gasteiger partial charge >= 0.3 is 6.18 Å². The van der Waals surface area contributed by atoms with E-state index in [1.54, 1.807) is 6.07 Å². The maximum atomic E-state index is 11.9. The molecule has 1 rings (SSSR count). The summed E-state index contributed by atoms with van der Waals surface area (Å²) >= 11 is 0. The fourth-order valence-electron chi connectivity index (χ4n) is 1.22. The van der Waals surface area contributed by atoms with Gasteiger partial charge in [-0.05, 0) is 18.1 Å². The summed E-state index contributed by atoms with van der Waals surface area (Å²) in [6.07, 6.45) is -5.46. The summed E-state index contributed by atoms with van der Waals surface area (Å²) in [7, 11) is -2.93. The molecular formula is C9H10F3O2P. The van der Waals surface area contributed by atoms with E-state index < -0.39 is 20.6 Å². The Morgan fingerprint density at radius 3 is 2.40 bits per heavy atom. The molecule has 0 aliphatic rings. The van der Waals surface area contributed by atoms with Crippen LogP contribution in [0.4, 0.5) is 13.2 Å². The average Bonchev–Trinajstić information content (AvgIpc) is 2.14. The van der Waals surface area contributed by atoms with Crippen LogP contribution in [0, 0.1) is 0 Å². The molecule has 1 N–H and O–H groups in total. The lowest BCUT2D eigenvalue weighted by Gasteiger charge is -2.08. The van der Waals surface area contributed by atoms with E-state index in [1.165, 1.54) is 18.2 Å².